The highest BCUT2D eigenvalue weighted by molar-refractivity contribution is 6.40. The summed E-state index contributed by atoms with van der Waals surface area (Å²) in [6.07, 6.45) is 0. The van der Waals surface area contributed by atoms with Crippen LogP contribution in [0.5, 0.6) is 0 Å². The smallest absolute Gasteiger partial charge is 0.0976 e. The molecule has 1 N–H and O–H groups in total. The molecule has 0 spiro atoms. The number of rotatable bonds is 3. The molecule has 0 saturated heterocycles. The van der Waals surface area contributed by atoms with Crippen molar-refractivity contribution in [3.63, 3.8) is 0 Å². The van der Waals surface area contributed by atoms with E-state index in [1.807, 2.05) is 25.1 Å². The SMILES string of the molecule is CC(=NO)C(C)=Nc1ccccc1C(C)C. The van der Waals surface area contributed by atoms with Crippen LogP contribution in [0.2, 0.25) is 0 Å². The minimum Gasteiger partial charge on any atom is -0.411 e. The maximum Gasteiger partial charge on any atom is 0.0976 e. The molecule has 3 heteroatoms. The second kappa shape index (κ2) is 5.45. The summed E-state index contributed by atoms with van der Waals surface area (Å²) in [7, 11) is 0. The lowest BCUT2D eigenvalue weighted by Crippen LogP contribution is -2.05. The molecule has 0 aromatic heterocycles. The summed E-state index contributed by atoms with van der Waals surface area (Å²) < 4.78 is 0. The van der Waals surface area contributed by atoms with Crippen LogP contribution in [0.3, 0.4) is 0 Å². The molecule has 0 aliphatic heterocycles. The summed E-state index contributed by atoms with van der Waals surface area (Å²) in [5.74, 6) is 0.430. The number of nitrogens with zero attached hydrogens (tertiary/aromatic N) is 2. The van der Waals surface area contributed by atoms with Crippen LogP contribution in [0, 0.1) is 0 Å². The zero-order valence-electron chi connectivity index (χ0n) is 10.2. The van der Waals surface area contributed by atoms with Gasteiger partial charge >= 0.3 is 0 Å². The lowest BCUT2D eigenvalue weighted by molar-refractivity contribution is 0.320. The van der Waals surface area contributed by atoms with Gasteiger partial charge < -0.3 is 5.21 Å². The Balaban J connectivity index is 3.15. The van der Waals surface area contributed by atoms with Crippen molar-refractivity contribution in [1.82, 2.24) is 0 Å². The van der Waals surface area contributed by atoms with Gasteiger partial charge in [-0.1, -0.05) is 37.2 Å². The largest absolute Gasteiger partial charge is 0.411 e. The van der Waals surface area contributed by atoms with Gasteiger partial charge in [-0.3, -0.25) is 4.99 Å². The number of hydrogen-bond donors (Lipinski definition) is 1. The number of aliphatic imine (C=N–C) groups is 1. The summed E-state index contributed by atoms with van der Waals surface area (Å²) in [4.78, 5) is 4.48. The third-order valence-corrected chi connectivity index (χ3v) is 2.52. The fraction of sp³-hybridized carbons (Fsp3) is 0.385. The van der Waals surface area contributed by atoms with Crippen molar-refractivity contribution in [1.29, 1.82) is 0 Å². The Hall–Kier alpha value is -1.64. The number of para-hydroxylation sites is 1. The molecule has 1 rings (SSSR count). The topological polar surface area (TPSA) is 45.0 Å². The average Bonchev–Trinajstić information content (AvgIpc) is 2.28. The first kappa shape index (κ1) is 12.4. The third-order valence-electron chi connectivity index (χ3n) is 2.52. The van der Waals surface area contributed by atoms with Gasteiger partial charge in [0.05, 0.1) is 17.1 Å². The van der Waals surface area contributed by atoms with Gasteiger partial charge in [-0.15, -0.1) is 0 Å². The highest BCUT2D eigenvalue weighted by Gasteiger charge is 2.05. The molecule has 0 aliphatic rings. The molecule has 1 aromatic rings. The molecule has 0 radical (unpaired) electrons. The average molecular weight is 218 g/mol. The lowest BCUT2D eigenvalue weighted by Gasteiger charge is -2.09. The van der Waals surface area contributed by atoms with Crippen molar-refractivity contribution in [3.8, 4) is 0 Å². The molecule has 0 atom stereocenters. The third kappa shape index (κ3) is 2.92. The van der Waals surface area contributed by atoms with E-state index in [-0.39, 0.29) is 0 Å². The molecule has 0 heterocycles. The van der Waals surface area contributed by atoms with Gasteiger partial charge in [0, 0.05) is 0 Å². The number of benzene rings is 1. The monoisotopic (exact) mass is 218 g/mol. The lowest BCUT2D eigenvalue weighted by atomic mass is 10.0. The molecule has 3 nitrogen and oxygen atoms in total. The van der Waals surface area contributed by atoms with E-state index in [1.54, 1.807) is 6.92 Å². The Morgan fingerprint density at radius 1 is 1.12 bits per heavy atom. The van der Waals surface area contributed by atoms with Gasteiger partial charge in [0.1, 0.15) is 0 Å². The quantitative estimate of drug-likeness (QED) is 0.468. The standard InChI is InChI=1S/C13H18N2O/c1-9(2)12-7-5-6-8-13(12)14-10(3)11(4)15-16/h5-9,16H,1-4H3. The van der Waals surface area contributed by atoms with Crippen molar-refractivity contribution in [2.45, 2.75) is 33.6 Å². The summed E-state index contributed by atoms with van der Waals surface area (Å²) in [5.41, 5.74) is 3.42. The second-order valence-electron chi connectivity index (χ2n) is 4.10. The molecule has 1 aromatic carbocycles. The van der Waals surface area contributed by atoms with E-state index in [2.05, 4.69) is 30.1 Å². The van der Waals surface area contributed by atoms with Crippen molar-refractivity contribution in [2.75, 3.05) is 0 Å². The molecular weight excluding hydrogens is 200 g/mol. The highest BCUT2D eigenvalue weighted by atomic mass is 16.4. The van der Waals surface area contributed by atoms with Crippen molar-refractivity contribution in [3.05, 3.63) is 29.8 Å². The van der Waals surface area contributed by atoms with Crippen LogP contribution >= 0.6 is 0 Å². The van der Waals surface area contributed by atoms with E-state index >= 15 is 0 Å². The van der Waals surface area contributed by atoms with Crippen molar-refractivity contribution in [2.24, 2.45) is 10.1 Å². The predicted molar refractivity (Wildman–Crippen MR) is 68.2 cm³/mol. The first-order chi connectivity index (χ1) is 7.56. The van der Waals surface area contributed by atoms with Crippen LogP contribution in [0.1, 0.15) is 39.2 Å². The first-order valence-electron chi connectivity index (χ1n) is 5.39. The van der Waals surface area contributed by atoms with Crippen LogP contribution in [0.15, 0.2) is 34.4 Å². The Morgan fingerprint density at radius 3 is 2.31 bits per heavy atom. The number of oxime groups is 1. The fourth-order valence-electron chi connectivity index (χ4n) is 1.41. The maximum atomic E-state index is 8.67. The summed E-state index contributed by atoms with van der Waals surface area (Å²) in [6, 6.07) is 8.02. The summed E-state index contributed by atoms with van der Waals surface area (Å²) in [6.45, 7) is 7.84. The Morgan fingerprint density at radius 2 is 1.75 bits per heavy atom. The Bertz CT molecular complexity index is 420. The minimum atomic E-state index is 0.430. The van der Waals surface area contributed by atoms with Gasteiger partial charge in [-0.2, -0.15) is 0 Å². The molecule has 16 heavy (non-hydrogen) atoms. The predicted octanol–water partition coefficient (Wildman–Crippen LogP) is 3.75. The van der Waals surface area contributed by atoms with E-state index in [1.165, 1.54) is 5.56 Å². The van der Waals surface area contributed by atoms with Crippen LogP contribution in [0.25, 0.3) is 0 Å². The molecule has 0 fully saturated rings. The fourth-order valence-corrected chi connectivity index (χ4v) is 1.41. The van der Waals surface area contributed by atoms with Crippen LogP contribution in [-0.2, 0) is 0 Å². The van der Waals surface area contributed by atoms with Gasteiger partial charge in [-0.05, 0) is 31.4 Å². The summed E-state index contributed by atoms with van der Waals surface area (Å²) >= 11 is 0. The minimum absolute atomic E-state index is 0.430. The molecule has 0 amide bonds. The van der Waals surface area contributed by atoms with Gasteiger partial charge in [-0.25, -0.2) is 0 Å². The number of hydrogen-bond acceptors (Lipinski definition) is 3. The van der Waals surface area contributed by atoms with E-state index in [9.17, 15) is 0 Å². The highest BCUT2D eigenvalue weighted by Crippen LogP contribution is 2.26. The van der Waals surface area contributed by atoms with Crippen LogP contribution in [0.4, 0.5) is 5.69 Å². The zero-order chi connectivity index (χ0) is 12.1. The van der Waals surface area contributed by atoms with Crippen molar-refractivity contribution >= 4 is 17.1 Å². The molecular formula is C13H18N2O. The molecule has 0 aliphatic carbocycles. The molecule has 86 valence electrons. The second-order valence-corrected chi connectivity index (χ2v) is 4.10. The molecule has 0 bridgehead atoms. The van der Waals surface area contributed by atoms with Gasteiger partial charge in [0.15, 0.2) is 0 Å². The van der Waals surface area contributed by atoms with Gasteiger partial charge in [0.25, 0.3) is 0 Å². The van der Waals surface area contributed by atoms with Crippen LogP contribution in [-0.4, -0.2) is 16.6 Å². The Labute approximate surface area is 96.5 Å². The van der Waals surface area contributed by atoms with E-state index < -0.39 is 0 Å². The van der Waals surface area contributed by atoms with Gasteiger partial charge in [0.2, 0.25) is 0 Å². The zero-order valence-corrected chi connectivity index (χ0v) is 10.2. The van der Waals surface area contributed by atoms with E-state index in [0.29, 0.717) is 11.6 Å². The molecule has 0 saturated carbocycles. The van der Waals surface area contributed by atoms with Crippen molar-refractivity contribution < 1.29 is 5.21 Å². The summed E-state index contributed by atoms with van der Waals surface area (Å²) in [5, 5.41) is 11.8. The maximum absolute atomic E-state index is 8.67. The normalized spacial score (nSPS) is 13.3. The van der Waals surface area contributed by atoms with E-state index in [4.69, 9.17) is 5.21 Å². The first-order valence-corrected chi connectivity index (χ1v) is 5.39. The Kier molecular flexibility index (Phi) is 4.23. The van der Waals surface area contributed by atoms with E-state index in [0.717, 1.165) is 11.4 Å². The molecule has 0 unspecified atom stereocenters. The van der Waals surface area contributed by atoms with Crippen LogP contribution < -0.4 is 0 Å².